The molecule has 1 N–H and O–H groups in total. The zero-order chi connectivity index (χ0) is 11.4. The minimum absolute atomic E-state index is 0.883. The summed E-state index contributed by atoms with van der Waals surface area (Å²) in [6, 6.07) is 4.07. The molecule has 0 spiro atoms. The number of anilines is 1. The Bertz CT molecular complexity index is 447. The third-order valence-electron chi connectivity index (χ3n) is 2.44. The van der Waals surface area contributed by atoms with E-state index in [1.807, 2.05) is 49.3 Å². The third kappa shape index (κ3) is 2.59. The number of aryl methyl sites for hydroxylation is 2. The van der Waals surface area contributed by atoms with E-state index >= 15 is 0 Å². The topological polar surface area (TPSA) is 42.7 Å². The summed E-state index contributed by atoms with van der Waals surface area (Å²) in [6.07, 6.45) is 6.63. The van der Waals surface area contributed by atoms with Gasteiger partial charge in [-0.05, 0) is 31.0 Å². The molecule has 84 valence electrons. The monoisotopic (exact) mass is 216 g/mol. The molecule has 2 aromatic heterocycles. The van der Waals surface area contributed by atoms with E-state index in [0.29, 0.717) is 0 Å². The molecule has 2 rings (SSSR count). The van der Waals surface area contributed by atoms with Crippen molar-refractivity contribution in [1.82, 2.24) is 14.5 Å². The van der Waals surface area contributed by atoms with Crippen LogP contribution in [-0.2, 0) is 13.5 Å². The summed E-state index contributed by atoms with van der Waals surface area (Å²) >= 11 is 0. The van der Waals surface area contributed by atoms with Gasteiger partial charge in [0.15, 0.2) is 0 Å². The number of aromatic nitrogens is 3. The fourth-order valence-electron chi connectivity index (χ4n) is 1.65. The Kier molecular flexibility index (Phi) is 3.19. The smallest absolute Gasteiger partial charge is 0.202 e. The number of hydrogen-bond acceptors (Lipinski definition) is 3. The van der Waals surface area contributed by atoms with Crippen molar-refractivity contribution in [2.24, 2.45) is 7.05 Å². The zero-order valence-corrected chi connectivity index (χ0v) is 9.64. The van der Waals surface area contributed by atoms with Crippen molar-refractivity contribution in [2.45, 2.75) is 13.3 Å². The summed E-state index contributed by atoms with van der Waals surface area (Å²) < 4.78 is 2.00. The molecule has 0 unspecified atom stereocenters. The first-order valence-corrected chi connectivity index (χ1v) is 5.38. The zero-order valence-electron chi connectivity index (χ0n) is 9.64. The van der Waals surface area contributed by atoms with Gasteiger partial charge >= 0.3 is 0 Å². The lowest BCUT2D eigenvalue weighted by Crippen LogP contribution is -2.08. The average molecular weight is 216 g/mol. The van der Waals surface area contributed by atoms with Gasteiger partial charge in [-0.1, -0.05) is 0 Å². The molecule has 2 heterocycles. The lowest BCUT2D eigenvalue weighted by Gasteiger charge is -2.05. The molecule has 0 saturated carbocycles. The largest absolute Gasteiger partial charge is 0.355 e. The van der Waals surface area contributed by atoms with Crippen LogP contribution in [0.5, 0.6) is 0 Å². The van der Waals surface area contributed by atoms with E-state index in [1.165, 1.54) is 5.56 Å². The second kappa shape index (κ2) is 4.79. The maximum Gasteiger partial charge on any atom is 0.202 e. The molecule has 0 aromatic carbocycles. The fraction of sp³-hybridized carbons (Fsp3) is 0.333. The number of nitrogens with zero attached hydrogens (tertiary/aromatic N) is 3. The molecule has 0 aliphatic carbocycles. The highest BCUT2D eigenvalue weighted by Gasteiger charge is 2.00. The maximum absolute atomic E-state index is 4.38. The normalized spacial score (nSPS) is 10.4. The molecule has 0 aliphatic heterocycles. The first-order valence-electron chi connectivity index (χ1n) is 5.38. The fourth-order valence-corrected chi connectivity index (χ4v) is 1.65. The maximum atomic E-state index is 4.38. The van der Waals surface area contributed by atoms with Gasteiger partial charge in [0.2, 0.25) is 5.95 Å². The number of rotatable bonds is 4. The Hall–Kier alpha value is -1.84. The molecule has 4 heteroatoms. The van der Waals surface area contributed by atoms with Crippen molar-refractivity contribution < 1.29 is 0 Å². The molecular weight excluding hydrogens is 200 g/mol. The molecule has 4 nitrogen and oxygen atoms in total. The van der Waals surface area contributed by atoms with Crippen molar-refractivity contribution in [1.29, 1.82) is 0 Å². The van der Waals surface area contributed by atoms with Gasteiger partial charge in [-0.3, -0.25) is 4.98 Å². The summed E-state index contributed by atoms with van der Waals surface area (Å²) in [5, 5.41) is 3.31. The van der Waals surface area contributed by atoms with Crippen molar-refractivity contribution in [2.75, 3.05) is 11.9 Å². The van der Waals surface area contributed by atoms with Gasteiger partial charge < -0.3 is 9.88 Å². The van der Waals surface area contributed by atoms with E-state index in [-0.39, 0.29) is 0 Å². The second-order valence-electron chi connectivity index (χ2n) is 3.85. The molecular formula is C12H16N4. The summed E-state index contributed by atoms with van der Waals surface area (Å²) in [4.78, 5) is 8.37. The van der Waals surface area contributed by atoms with Crippen molar-refractivity contribution in [3.8, 4) is 0 Å². The summed E-state index contributed by atoms with van der Waals surface area (Å²) in [7, 11) is 1.99. The van der Waals surface area contributed by atoms with Crippen LogP contribution in [0.4, 0.5) is 5.95 Å². The van der Waals surface area contributed by atoms with Gasteiger partial charge in [0.25, 0.3) is 0 Å². The number of imidazole rings is 1. The second-order valence-corrected chi connectivity index (χ2v) is 3.85. The van der Waals surface area contributed by atoms with Crippen LogP contribution in [0.2, 0.25) is 0 Å². The Morgan fingerprint density at radius 2 is 2.06 bits per heavy atom. The Morgan fingerprint density at radius 3 is 2.69 bits per heavy atom. The molecule has 0 saturated heterocycles. The average Bonchev–Trinajstić information content (AvgIpc) is 2.59. The van der Waals surface area contributed by atoms with Crippen LogP contribution in [0.1, 0.15) is 11.3 Å². The molecule has 0 radical (unpaired) electrons. The van der Waals surface area contributed by atoms with E-state index < -0.39 is 0 Å². The first-order chi connectivity index (χ1) is 7.75. The molecule has 2 aromatic rings. The molecule has 0 bridgehead atoms. The van der Waals surface area contributed by atoms with Crippen LogP contribution in [-0.4, -0.2) is 21.1 Å². The molecule has 0 atom stereocenters. The number of pyridine rings is 1. The van der Waals surface area contributed by atoms with E-state index in [1.54, 1.807) is 0 Å². The predicted molar refractivity (Wildman–Crippen MR) is 64.4 cm³/mol. The van der Waals surface area contributed by atoms with E-state index in [4.69, 9.17) is 0 Å². The van der Waals surface area contributed by atoms with E-state index in [9.17, 15) is 0 Å². The highest BCUT2D eigenvalue weighted by molar-refractivity contribution is 5.28. The highest BCUT2D eigenvalue weighted by Crippen LogP contribution is 2.06. The number of nitrogens with one attached hydrogen (secondary N) is 1. The van der Waals surface area contributed by atoms with Crippen LogP contribution in [0.25, 0.3) is 0 Å². The summed E-state index contributed by atoms with van der Waals surface area (Å²) in [5.74, 6) is 0.923. The van der Waals surface area contributed by atoms with Crippen molar-refractivity contribution in [3.63, 3.8) is 0 Å². The van der Waals surface area contributed by atoms with Crippen LogP contribution in [0, 0.1) is 6.92 Å². The third-order valence-corrected chi connectivity index (χ3v) is 2.44. The lowest BCUT2D eigenvalue weighted by atomic mass is 10.2. The van der Waals surface area contributed by atoms with E-state index in [0.717, 1.165) is 24.6 Å². The van der Waals surface area contributed by atoms with Crippen LogP contribution in [0.15, 0.2) is 30.7 Å². The van der Waals surface area contributed by atoms with Crippen LogP contribution in [0.3, 0.4) is 0 Å². The quantitative estimate of drug-likeness (QED) is 0.847. The van der Waals surface area contributed by atoms with Crippen LogP contribution < -0.4 is 5.32 Å². The lowest BCUT2D eigenvalue weighted by molar-refractivity contribution is 0.889. The SMILES string of the molecule is Cc1cn(C)c(NCCc2ccncc2)n1. The van der Waals surface area contributed by atoms with Gasteiger partial charge in [-0.2, -0.15) is 0 Å². The van der Waals surface area contributed by atoms with Gasteiger partial charge in [0.05, 0.1) is 5.69 Å². The number of hydrogen-bond donors (Lipinski definition) is 1. The van der Waals surface area contributed by atoms with Gasteiger partial charge in [0, 0.05) is 32.2 Å². The minimum Gasteiger partial charge on any atom is -0.355 e. The molecule has 16 heavy (non-hydrogen) atoms. The van der Waals surface area contributed by atoms with Crippen molar-refractivity contribution in [3.05, 3.63) is 42.0 Å². The Balaban J connectivity index is 1.87. The summed E-state index contributed by atoms with van der Waals surface area (Å²) in [6.45, 7) is 2.88. The standard InChI is InChI=1S/C12H16N4/c1-10-9-16(2)12(15-10)14-8-5-11-3-6-13-7-4-11/h3-4,6-7,9H,5,8H2,1-2H3,(H,14,15). The van der Waals surface area contributed by atoms with Gasteiger partial charge in [-0.25, -0.2) is 4.98 Å². The first kappa shape index (κ1) is 10.7. The molecule has 0 aliphatic rings. The summed E-state index contributed by atoms with van der Waals surface area (Å²) in [5.41, 5.74) is 2.32. The van der Waals surface area contributed by atoms with E-state index in [2.05, 4.69) is 15.3 Å². The van der Waals surface area contributed by atoms with Gasteiger partial charge in [-0.15, -0.1) is 0 Å². The van der Waals surface area contributed by atoms with Gasteiger partial charge in [0.1, 0.15) is 0 Å². The van der Waals surface area contributed by atoms with Crippen LogP contribution >= 0.6 is 0 Å². The Labute approximate surface area is 95.4 Å². The molecule has 0 amide bonds. The minimum atomic E-state index is 0.883. The highest BCUT2D eigenvalue weighted by atomic mass is 15.2. The predicted octanol–water partition coefficient (Wildman–Crippen LogP) is 1.78. The Morgan fingerprint density at radius 1 is 1.31 bits per heavy atom. The van der Waals surface area contributed by atoms with Crippen molar-refractivity contribution >= 4 is 5.95 Å². The molecule has 0 fully saturated rings.